The van der Waals surface area contributed by atoms with E-state index in [1.54, 1.807) is 26.5 Å². The standard InChI is InChI=1S/C29H24N4O3/c1-35-27-15-13-21(16-28(27)36-2)25-17-24(20-9-4-3-5-10-20)31-29(32-25)33-30-18-23-22-11-7-6-8-19(22)12-14-26(23)34/h3-18,34H,1-2H3,(H,31,32,33)/b30-18+. The summed E-state index contributed by atoms with van der Waals surface area (Å²) in [6, 6.07) is 28.7. The highest BCUT2D eigenvalue weighted by molar-refractivity contribution is 6.02. The van der Waals surface area contributed by atoms with E-state index in [4.69, 9.17) is 9.47 Å². The molecular weight excluding hydrogens is 452 g/mol. The van der Waals surface area contributed by atoms with E-state index in [0.717, 1.165) is 27.6 Å². The molecule has 0 atom stereocenters. The monoisotopic (exact) mass is 476 g/mol. The van der Waals surface area contributed by atoms with Crippen LogP contribution in [0.15, 0.2) is 96.1 Å². The molecule has 7 nitrogen and oxygen atoms in total. The number of hydrogen-bond acceptors (Lipinski definition) is 7. The average Bonchev–Trinajstić information content (AvgIpc) is 2.94. The molecule has 0 spiro atoms. The summed E-state index contributed by atoms with van der Waals surface area (Å²) in [6.45, 7) is 0. The molecule has 1 aromatic heterocycles. The van der Waals surface area contributed by atoms with Crippen molar-refractivity contribution in [3.8, 4) is 39.8 Å². The van der Waals surface area contributed by atoms with E-state index in [-0.39, 0.29) is 5.75 Å². The number of ether oxygens (including phenoxy) is 2. The molecule has 0 aliphatic rings. The van der Waals surface area contributed by atoms with E-state index in [0.29, 0.717) is 28.7 Å². The minimum atomic E-state index is 0.143. The Bertz CT molecular complexity index is 1550. The average molecular weight is 477 g/mol. The van der Waals surface area contributed by atoms with Gasteiger partial charge in [0.1, 0.15) is 5.75 Å². The van der Waals surface area contributed by atoms with Gasteiger partial charge in [0.05, 0.1) is 31.8 Å². The number of benzene rings is 4. The van der Waals surface area contributed by atoms with E-state index in [2.05, 4.69) is 20.5 Å². The quantitative estimate of drug-likeness (QED) is 0.217. The van der Waals surface area contributed by atoms with Gasteiger partial charge in [-0.3, -0.25) is 0 Å². The van der Waals surface area contributed by atoms with Crippen molar-refractivity contribution in [2.24, 2.45) is 5.10 Å². The van der Waals surface area contributed by atoms with Crippen LogP contribution in [0, 0.1) is 0 Å². The summed E-state index contributed by atoms with van der Waals surface area (Å²) in [6.07, 6.45) is 1.58. The fraction of sp³-hybridized carbons (Fsp3) is 0.0690. The van der Waals surface area contributed by atoms with Crippen LogP contribution in [0.3, 0.4) is 0 Å². The van der Waals surface area contributed by atoms with Gasteiger partial charge in [0.2, 0.25) is 5.95 Å². The van der Waals surface area contributed by atoms with Gasteiger partial charge in [-0.1, -0.05) is 60.7 Å². The van der Waals surface area contributed by atoms with Crippen molar-refractivity contribution in [1.29, 1.82) is 0 Å². The number of fused-ring (bicyclic) bond motifs is 1. The van der Waals surface area contributed by atoms with E-state index < -0.39 is 0 Å². The van der Waals surface area contributed by atoms with Crippen LogP contribution in [0.2, 0.25) is 0 Å². The second kappa shape index (κ2) is 10.1. The summed E-state index contributed by atoms with van der Waals surface area (Å²) < 4.78 is 10.8. The number of anilines is 1. The van der Waals surface area contributed by atoms with Gasteiger partial charge in [-0.15, -0.1) is 0 Å². The molecule has 178 valence electrons. The maximum Gasteiger partial charge on any atom is 0.244 e. The van der Waals surface area contributed by atoms with E-state index in [9.17, 15) is 5.11 Å². The number of aromatic hydroxyl groups is 1. The number of nitrogens with one attached hydrogen (secondary N) is 1. The van der Waals surface area contributed by atoms with Crippen LogP contribution in [0.25, 0.3) is 33.3 Å². The number of methoxy groups -OCH3 is 2. The minimum absolute atomic E-state index is 0.143. The third kappa shape index (κ3) is 4.67. The lowest BCUT2D eigenvalue weighted by Gasteiger charge is -2.11. The molecule has 0 radical (unpaired) electrons. The molecule has 0 unspecified atom stereocenters. The molecule has 36 heavy (non-hydrogen) atoms. The zero-order chi connectivity index (χ0) is 24.9. The largest absolute Gasteiger partial charge is 0.507 e. The highest BCUT2D eigenvalue weighted by Gasteiger charge is 2.12. The SMILES string of the molecule is COc1ccc(-c2cc(-c3ccccc3)nc(N/N=C/c3c(O)ccc4ccccc34)n2)cc1OC. The van der Waals surface area contributed by atoms with Crippen LogP contribution in [0.4, 0.5) is 5.95 Å². The second-order valence-electron chi connectivity index (χ2n) is 7.99. The van der Waals surface area contributed by atoms with Crippen LogP contribution in [-0.4, -0.2) is 35.5 Å². The van der Waals surface area contributed by atoms with Crippen molar-refractivity contribution in [1.82, 2.24) is 9.97 Å². The summed E-state index contributed by atoms with van der Waals surface area (Å²) in [4.78, 5) is 9.35. The molecule has 0 bridgehead atoms. The maximum atomic E-state index is 10.4. The molecule has 5 rings (SSSR count). The van der Waals surface area contributed by atoms with Crippen LogP contribution in [-0.2, 0) is 0 Å². The van der Waals surface area contributed by atoms with Crippen LogP contribution in [0.5, 0.6) is 17.2 Å². The van der Waals surface area contributed by atoms with Gasteiger partial charge in [-0.25, -0.2) is 15.4 Å². The zero-order valence-corrected chi connectivity index (χ0v) is 19.8. The molecule has 2 N–H and O–H groups in total. The number of rotatable bonds is 7. The molecule has 0 aliphatic heterocycles. The van der Waals surface area contributed by atoms with Crippen molar-refractivity contribution in [3.63, 3.8) is 0 Å². The molecule has 4 aromatic carbocycles. The Morgan fingerprint density at radius 1 is 0.750 bits per heavy atom. The van der Waals surface area contributed by atoms with Gasteiger partial charge in [-0.05, 0) is 41.1 Å². The van der Waals surface area contributed by atoms with E-state index in [1.807, 2.05) is 84.9 Å². The number of nitrogens with zero attached hydrogens (tertiary/aromatic N) is 3. The molecule has 7 heteroatoms. The number of aromatic nitrogens is 2. The third-order valence-corrected chi connectivity index (χ3v) is 5.78. The molecule has 0 amide bonds. The Balaban J connectivity index is 1.54. The number of phenolic OH excluding ortho intramolecular Hbond substituents is 1. The predicted octanol–water partition coefficient (Wildman–Crippen LogP) is 6.13. The van der Waals surface area contributed by atoms with Crippen LogP contribution < -0.4 is 14.9 Å². The van der Waals surface area contributed by atoms with Crippen molar-refractivity contribution < 1.29 is 14.6 Å². The van der Waals surface area contributed by atoms with Crippen molar-refractivity contribution >= 4 is 22.9 Å². The van der Waals surface area contributed by atoms with Gasteiger partial charge in [0, 0.05) is 16.7 Å². The van der Waals surface area contributed by atoms with E-state index in [1.165, 1.54) is 0 Å². The predicted molar refractivity (Wildman–Crippen MR) is 143 cm³/mol. The number of hydrogen-bond donors (Lipinski definition) is 2. The molecule has 0 saturated heterocycles. The highest BCUT2D eigenvalue weighted by Crippen LogP contribution is 2.33. The summed E-state index contributed by atoms with van der Waals surface area (Å²) in [5.74, 6) is 1.70. The summed E-state index contributed by atoms with van der Waals surface area (Å²) in [5, 5.41) is 16.7. The first kappa shape index (κ1) is 22.9. The van der Waals surface area contributed by atoms with Crippen LogP contribution in [0.1, 0.15) is 5.56 Å². The number of hydrazone groups is 1. The molecule has 0 aliphatic carbocycles. The van der Waals surface area contributed by atoms with Gasteiger partial charge in [0.15, 0.2) is 11.5 Å². The van der Waals surface area contributed by atoms with Gasteiger partial charge in [0.25, 0.3) is 0 Å². The Morgan fingerprint density at radius 2 is 1.47 bits per heavy atom. The summed E-state index contributed by atoms with van der Waals surface area (Å²) >= 11 is 0. The second-order valence-corrected chi connectivity index (χ2v) is 7.99. The van der Waals surface area contributed by atoms with Crippen molar-refractivity contribution in [2.75, 3.05) is 19.6 Å². The molecular formula is C29H24N4O3. The fourth-order valence-corrected chi connectivity index (χ4v) is 3.97. The van der Waals surface area contributed by atoms with Crippen molar-refractivity contribution in [2.45, 2.75) is 0 Å². The fourth-order valence-electron chi connectivity index (χ4n) is 3.97. The topological polar surface area (TPSA) is 88.9 Å². The Hall–Kier alpha value is -4.91. The van der Waals surface area contributed by atoms with E-state index >= 15 is 0 Å². The normalized spacial score (nSPS) is 11.1. The molecule has 5 aromatic rings. The molecule has 0 fully saturated rings. The molecule has 0 saturated carbocycles. The third-order valence-electron chi connectivity index (χ3n) is 5.78. The zero-order valence-electron chi connectivity index (χ0n) is 19.8. The summed E-state index contributed by atoms with van der Waals surface area (Å²) in [7, 11) is 3.20. The Labute approximate surface area is 208 Å². The van der Waals surface area contributed by atoms with Gasteiger partial charge >= 0.3 is 0 Å². The first-order valence-corrected chi connectivity index (χ1v) is 11.3. The Kier molecular flexibility index (Phi) is 6.44. The lowest BCUT2D eigenvalue weighted by atomic mass is 10.0. The molecule has 1 heterocycles. The maximum absolute atomic E-state index is 10.4. The lowest BCUT2D eigenvalue weighted by molar-refractivity contribution is 0.355. The number of phenols is 1. The Morgan fingerprint density at radius 3 is 2.25 bits per heavy atom. The van der Waals surface area contributed by atoms with Gasteiger partial charge < -0.3 is 14.6 Å². The lowest BCUT2D eigenvalue weighted by Crippen LogP contribution is -2.01. The van der Waals surface area contributed by atoms with Crippen molar-refractivity contribution in [3.05, 3.63) is 96.6 Å². The first-order chi connectivity index (χ1) is 17.7. The highest BCUT2D eigenvalue weighted by atomic mass is 16.5. The van der Waals surface area contributed by atoms with Crippen LogP contribution >= 0.6 is 0 Å². The first-order valence-electron chi connectivity index (χ1n) is 11.3. The minimum Gasteiger partial charge on any atom is -0.507 e. The van der Waals surface area contributed by atoms with Gasteiger partial charge in [-0.2, -0.15) is 5.10 Å². The smallest absolute Gasteiger partial charge is 0.244 e. The summed E-state index contributed by atoms with van der Waals surface area (Å²) in [5.41, 5.74) is 6.76.